The molecule has 4 atom stereocenters. The molecule has 1 N–H and O–H groups in total. The number of ether oxygens (including phenoxy) is 2. The van der Waals surface area contributed by atoms with Crippen molar-refractivity contribution in [3.05, 3.63) is 23.5 Å². The number of carbonyl (C=O) groups is 1. The van der Waals surface area contributed by atoms with Crippen LogP contribution in [0.3, 0.4) is 0 Å². The Morgan fingerprint density at radius 3 is 2.40 bits per heavy atom. The molecule has 3 rings (SSSR count). The highest BCUT2D eigenvalue weighted by Crippen LogP contribution is 2.55. The van der Waals surface area contributed by atoms with Crippen LogP contribution in [0.5, 0.6) is 0 Å². The monoisotopic (exact) mass is 436 g/mol. The zero-order valence-corrected chi connectivity index (χ0v) is 21.0. The lowest BCUT2D eigenvalue weighted by molar-refractivity contribution is -0.155. The minimum absolute atomic E-state index is 0.00300. The Labute approximate surface area is 183 Å². The molecule has 30 heavy (non-hydrogen) atoms. The van der Waals surface area contributed by atoms with Gasteiger partial charge in [-0.2, -0.15) is 0 Å². The van der Waals surface area contributed by atoms with Gasteiger partial charge in [-0.1, -0.05) is 33.3 Å². The van der Waals surface area contributed by atoms with Crippen molar-refractivity contribution >= 4 is 14.1 Å². The Bertz CT molecular complexity index is 741. The molecule has 0 spiro atoms. The summed E-state index contributed by atoms with van der Waals surface area (Å²) in [7, 11) is -1.99. The van der Waals surface area contributed by atoms with Crippen LogP contribution in [0.25, 0.3) is 0 Å². The van der Waals surface area contributed by atoms with Crippen molar-refractivity contribution in [2.24, 2.45) is 17.3 Å². The van der Waals surface area contributed by atoms with E-state index < -0.39 is 25.6 Å². The van der Waals surface area contributed by atoms with E-state index >= 15 is 0 Å². The van der Waals surface area contributed by atoms with E-state index in [0.717, 1.165) is 24.2 Å². The van der Waals surface area contributed by atoms with Crippen LogP contribution in [0.2, 0.25) is 18.1 Å². The van der Waals surface area contributed by atoms with E-state index in [4.69, 9.17) is 13.9 Å². The Hall–Kier alpha value is -0.953. The first-order valence-electron chi connectivity index (χ1n) is 11.3. The van der Waals surface area contributed by atoms with Gasteiger partial charge in [0.25, 0.3) is 0 Å². The molecule has 0 saturated carbocycles. The molecular formula is C24H40O5Si. The minimum atomic E-state index is -1.99. The number of aliphatic hydroxyl groups is 1. The zero-order valence-electron chi connectivity index (χ0n) is 20.0. The molecule has 1 fully saturated rings. The molecule has 1 saturated heterocycles. The van der Waals surface area contributed by atoms with Crippen molar-refractivity contribution in [1.29, 1.82) is 0 Å². The van der Waals surface area contributed by atoms with E-state index in [1.54, 1.807) is 6.08 Å². The predicted octanol–water partition coefficient (Wildman–Crippen LogP) is 4.97. The molecule has 3 aliphatic rings. The highest BCUT2D eigenvalue weighted by atomic mass is 28.4. The van der Waals surface area contributed by atoms with Crippen LogP contribution in [-0.4, -0.2) is 44.3 Å². The van der Waals surface area contributed by atoms with Gasteiger partial charge in [0, 0.05) is 18.3 Å². The molecule has 6 heteroatoms. The van der Waals surface area contributed by atoms with Crippen LogP contribution >= 0.6 is 0 Å². The van der Waals surface area contributed by atoms with Crippen molar-refractivity contribution < 1.29 is 23.8 Å². The van der Waals surface area contributed by atoms with E-state index in [0.29, 0.717) is 19.6 Å². The van der Waals surface area contributed by atoms with Crippen molar-refractivity contribution in [2.45, 2.75) is 90.8 Å². The van der Waals surface area contributed by atoms with E-state index in [2.05, 4.69) is 46.9 Å². The number of hydrogen-bond acceptors (Lipinski definition) is 5. The number of ketones is 1. The number of aliphatic hydroxyl groups excluding tert-OH is 1. The molecule has 4 unspecified atom stereocenters. The van der Waals surface area contributed by atoms with Crippen LogP contribution in [0, 0.1) is 17.3 Å². The van der Waals surface area contributed by atoms with Gasteiger partial charge in [-0.15, -0.1) is 0 Å². The maximum Gasteiger partial charge on any atom is 0.250 e. The molecular weight excluding hydrogens is 396 g/mol. The molecule has 1 heterocycles. The van der Waals surface area contributed by atoms with E-state index in [9.17, 15) is 9.90 Å². The van der Waals surface area contributed by atoms with Gasteiger partial charge < -0.3 is 19.0 Å². The zero-order chi connectivity index (χ0) is 22.5. The number of hydrogen-bond donors (Lipinski definition) is 1. The molecule has 0 aromatic rings. The van der Waals surface area contributed by atoms with Crippen molar-refractivity contribution in [2.75, 3.05) is 13.2 Å². The second kappa shape index (κ2) is 7.87. The average Bonchev–Trinajstić information content (AvgIpc) is 3.05. The van der Waals surface area contributed by atoms with Crippen LogP contribution in [-0.2, 0) is 18.7 Å². The lowest BCUT2D eigenvalue weighted by Crippen LogP contribution is -2.54. The first kappa shape index (κ1) is 23.7. The van der Waals surface area contributed by atoms with Crippen LogP contribution in [0.4, 0.5) is 0 Å². The molecule has 0 radical (unpaired) electrons. The standard InChI is InChI=1S/C24H40O5Si/c1-16-13-20(25)21(26)24(6)17(9-10-23(5)27-11-12-28-23)14-18(15-19(16)24)29-30(7,8)22(2,3)4/h13-14,17,19,21,26H,9-12,15H2,1-8H3. The summed E-state index contributed by atoms with van der Waals surface area (Å²) in [5.74, 6) is 0.327. The Morgan fingerprint density at radius 1 is 1.23 bits per heavy atom. The Kier molecular flexibility index (Phi) is 6.22. The van der Waals surface area contributed by atoms with Crippen LogP contribution in [0.15, 0.2) is 23.5 Å². The number of carbonyl (C=O) groups excluding carboxylic acids is 1. The Morgan fingerprint density at radius 2 is 1.83 bits per heavy atom. The molecule has 0 amide bonds. The fourth-order valence-corrected chi connectivity index (χ4v) is 6.09. The summed E-state index contributed by atoms with van der Waals surface area (Å²) >= 11 is 0. The van der Waals surface area contributed by atoms with Crippen LogP contribution in [0.1, 0.15) is 60.8 Å². The molecule has 0 bridgehead atoms. The molecule has 0 aromatic carbocycles. The Balaban J connectivity index is 1.94. The first-order valence-corrected chi connectivity index (χ1v) is 14.2. The van der Waals surface area contributed by atoms with E-state index in [1.165, 1.54) is 0 Å². The number of fused-ring (bicyclic) bond motifs is 1. The largest absolute Gasteiger partial charge is 0.547 e. The van der Waals surface area contributed by atoms with E-state index in [-0.39, 0.29) is 22.7 Å². The summed E-state index contributed by atoms with van der Waals surface area (Å²) in [6, 6.07) is 0. The number of allylic oxidation sites excluding steroid dienone is 3. The van der Waals surface area contributed by atoms with Gasteiger partial charge in [0.1, 0.15) is 6.10 Å². The SMILES string of the molecule is CC1=CC(=O)C(O)C2(C)C(CCC3(C)OCCO3)C=C(O[Si](C)(C)C(C)(C)C)CC12. The van der Waals surface area contributed by atoms with Gasteiger partial charge >= 0.3 is 0 Å². The predicted molar refractivity (Wildman–Crippen MR) is 120 cm³/mol. The summed E-state index contributed by atoms with van der Waals surface area (Å²) in [6.07, 6.45) is 5.05. The number of rotatable bonds is 5. The van der Waals surface area contributed by atoms with E-state index in [1.807, 2.05) is 13.8 Å². The molecule has 1 aliphatic heterocycles. The molecule has 5 nitrogen and oxygen atoms in total. The van der Waals surface area contributed by atoms with Gasteiger partial charge in [0.15, 0.2) is 11.6 Å². The lowest BCUT2D eigenvalue weighted by Gasteiger charge is -2.52. The third-order valence-electron chi connectivity index (χ3n) is 8.12. The fraction of sp³-hybridized carbons (Fsp3) is 0.792. The fourth-order valence-electron chi connectivity index (χ4n) is 4.98. The maximum atomic E-state index is 12.6. The smallest absolute Gasteiger partial charge is 0.250 e. The van der Waals surface area contributed by atoms with Gasteiger partial charge in [0.05, 0.1) is 19.0 Å². The summed E-state index contributed by atoms with van der Waals surface area (Å²) in [5, 5.41) is 11.1. The first-order chi connectivity index (χ1) is 13.7. The minimum Gasteiger partial charge on any atom is -0.547 e. The molecule has 2 aliphatic carbocycles. The molecule has 0 aromatic heterocycles. The van der Waals surface area contributed by atoms with Gasteiger partial charge in [0.2, 0.25) is 8.32 Å². The second-order valence-electron chi connectivity index (χ2n) is 11.3. The highest BCUT2D eigenvalue weighted by Gasteiger charge is 2.54. The van der Waals surface area contributed by atoms with Crippen LogP contribution < -0.4 is 0 Å². The topological polar surface area (TPSA) is 65.0 Å². The van der Waals surface area contributed by atoms with Crippen molar-refractivity contribution in [3.63, 3.8) is 0 Å². The summed E-state index contributed by atoms with van der Waals surface area (Å²) in [4.78, 5) is 12.6. The van der Waals surface area contributed by atoms with Gasteiger partial charge in [-0.3, -0.25) is 4.79 Å². The van der Waals surface area contributed by atoms with Gasteiger partial charge in [-0.05, 0) is 62.4 Å². The summed E-state index contributed by atoms with van der Waals surface area (Å²) < 4.78 is 18.3. The van der Waals surface area contributed by atoms with Gasteiger partial charge in [-0.25, -0.2) is 0 Å². The lowest BCUT2D eigenvalue weighted by atomic mass is 9.54. The average molecular weight is 437 g/mol. The summed E-state index contributed by atoms with van der Waals surface area (Å²) in [5.41, 5.74) is 0.493. The third kappa shape index (κ3) is 4.21. The quantitative estimate of drug-likeness (QED) is 0.617. The summed E-state index contributed by atoms with van der Waals surface area (Å²) in [6.45, 7) is 18.5. The van der Waals surface area contributed by atoms with Crippen molar-refractivity contribution in [3.8, 4) is 0 Å². The normalized spacial score (nSPS) is 34.3. The third-order valence-corrected chi connectivity index (χ3v) is 12.5. The second-order valence-corrected chi connectivity index (χ2v) is 16.0. The van der Waals surface area contributed by atoms with Crippen molar-refractivity contribution in [1.82, 2.24) is 0 Å². The highest BCUT2D eigenvalue weighted by molar-refractivity contribution is 6.74. The molecule has 170 valence electrons. The maximum absolute atomic E-state index is 12.6.